The molecule has 12 heteroatoms. The van der Waals surface area contributed by atoms with Crippen molar-refractivity contribution in [2.75, 3.05) is 22.8 Å². The Kier molecular flexibility index (Phi) is 7.26. The Hall–Kier alpha value is -3.28. The number of ether oxygens (including phenoxy) is 1. The van der Waals surface area contributed by atoms with Crippen molar-refractivity contribution in [2.24, 2.45) is 5.92 Å². The number of aromatic nitrogens is 2. The average Bonchev–Trinajstić information content (AvgIpc) is 2.89. The first kappa shape index (κ1) is 26.3. The van der Waals surface area contributed by atoms with Gasteiger partial charge in [0.2, 0.25) is 0 Å². The lowest BCUT2D eigenvalue weighted by Crippen LogP contribution is -2.26. The van der Waals surface area contributed by atoms with Crippen LogP contribution in [0.4, 0.5) is 10.1 Å². The number of halogens is 2. The summed E-state index contributed by atoms with van der Waals surface area (Å²) >= 11 is 6.19. The molecule has 1 aliphatic heterocycles. The molecule has 198 valence electrons. The highest BCUT2D eigenvalue weighted by Gasteiger charge is 2.24. The van der Waals surface area contributed by atoms with E-state index in [9.17, 15) is 21.2 Å². The minimum Gasteiger partial charge on any atom is -0.493 e. The van der Waals surface area contributed by atoms with E-state index in [4.69, 9.17) is 16.3 Å². The third kappa shape index (κ3) is 5.90. The number of nitrogens with zero attached hydrogens (tertiary/aromatic N) is 2. The number of fused-ring (bicyclic) bond motifs is 1. The first-order chi connectivity index (χ1) is 18.1. The minimum absolute atomic E-state index is 0.0413. The van der Waals surface area contributed by atoms with Gasteiger partial charge in [-0.05, 0) is 72.9 Å². The largest absolute Gasteiger partial charge is 0.493 e. The normalized spacial score (nSPS) is 15.8. The summed E-state index contributed by atoms with van der Waals surface area (Å²) in [6.07, 6.45) is 4.32. The van der Waals surface area contributed by atoms with E-state index in [1.807, 2.05) is 18.2 Å². The summed E-state index contributed by atoms with van der Waals surface area (Å²) in [6, 6.07) is 13.3. The number of benzene rings is 2. The number of rotatable bonds is 7. The third-order valence-electron chi connectivity index (χ3n) is 6.39. The fraction of sp³-hybridized carbons (Fsp3) is 0.231. The second-order valence-electron chi connectivity index (χ2n) is 9.07. The van der Waals surface area contributed by atoms with E-state index in [2.05, 4.69) is 14.7 Å². The van der Waals surface area contributed by atoms with E-state index in [0.717, 1.165) is 35.2 Å². The van der Waals surface area contributed by atoms with E-state index in [-0.39, 0.29) is 33.2 Å². The Morgan fingerprint density at radius 1 is 1.00 bits per heavy atom. The van der Waals surface area contributed by atoms with E-state index in [1.165, 1.54) is 6.20 Å². The molecule has 0 spiro atoms. The van der Waals surface area contributed by atoms with Crippen LogP contribution in [0.25, 0.3) is 22.0 Å². The Morgan fingerprint density at radius 2 is 1.74 bits per heavy atom. The molecule has 1 fully saturated rings. The smallest absolute Gasteiger partial charge is 0.261 e. The van der Waals surface area contributed by atoms with Crippen LogP contribution in [0.1, 0.15) is 12.8 Å². The van der Waals surface area contributed by atoms with Gasteiger partial charge < -0.3 is 4.74 Å². The maximum Gasteiger partial charge on any atom is 0.261 e. The molecule has 2 aromatic heterocycles. The van der Waals surface area contributed by atoms with Gasteiger partial charge in [0.05, 0.1) is 34.2 Å². The highest BCUT2D eigenvalue weighted by molar-refractivity contribution is 7.92. The molecule has 38 heavy (non-hydrogen) atoms. The van der Waals surface area contributed by atoms with Gasteiger partial charge in [0.25, 0.3) is 10.0 Å². The van der Waals surface area contributed by atoms with Crippen LogP contribution < -0.4 is 9.46 Å². The Balaban J connectivity index is 1.40. The molecule has 2 aromatic carbocycles. The van der Waals surface area contributed by atoms with Gasteiger partial charge in [-0.3, -0.25) is 9.71 Å². The zero-order valence-electron chi connectivity index (χ0n) is 20.0. The van der Waals surface area contributed by atoms with Gasteiger partial charge in [0.15, 0.2) is 5.15 Å². The molecule has 0 unspecified atom stereocenters. The molecule has 0 amide bonds. The Labute approximate surface area is 224 Å². The second-order valence-corrected chi connectivity index (χ2v) is 13.4. The van der Waals surface area contributed by atoms with Crippen molar-refractivity contribution >= 4 is 48.1 Å². The van der Waals surface area contributed by atoms with Gasteiger partial charge in [0.1, 0.15) is 21.4 Å². The molecule has 8 nitrogen and oxygen atoms in total. The summed E-state index contributed by atoms with van der Waals surface area (Å²) in [7, 11) is -6.97. The van der Waals surface area contributed by atoms with Gasteiger partial charge in [-0.2, -0.15) is 0 Å². The van der Waals surface area contributed by atoms with Crippen molar-refractivity contribution in [1.29, 1.82) is 0 Å². The first-order valence-corrected chi connectivity index (χ1v) is 15.4. The van der Waals surface area contributed by atoms with Crippen molar-refractivity contribution in [3.05, 3.63) is 78.0 Å². The molecule has 0 saturated carbocycles. The predicted octanol–water partition coefficient (Wildman–Crippen LogP) is 5.09. The molecule has 1 saturated heterocycles. The van der Waals surface area contributed by atoms with Crippen LogP contribution in [0.15, 0.2) is 71.9 Å². The van der Waals surface area contributed by atoms with Crippen molar-refractivity contribution in [3.63, 3.8) is 0 Å². The summed E-state index contributed by atoms with van der Waals surface area (Å²) in [6.45, 7) is 0.399. The maximum atomic E-state index is 13.2. The number of nitrogens with one attached hydrogen (secondary N) is 1. The average molecular weight is 576 g/mol. The van der Waals surface area contributed by atoms with Crippen molar-refractivity contribution in [2.45, 2.75) is 17.7 Å². The van der Waals surface area contributed by atoms with Gasteiger partial charge in [-0.1, -0.05) is 17.7 Å². The first-order valence-electron chi connectivity index (χ1n) is 11.8. The zero-order chi connectivity index (χ0) is 26.9. The number of anilines is 1. The van der Waals surface area contributed by atoms with Crippen molar-refractivity contribution in [1.82, 2.24) is 9.97 Å². The van der Waals surface area contributed by atoms with Gasteiger partial charge in [0, 0.05) is 23.3 Å². The maximum absolute atomic E-state index is 13.2. The van der Waals surface area contributed by atoms with E-state index < -0.39 is 25.7 Å². The molecule has 1 N–H and O–H groups in total. The molecular weight excluding hydrogens is 553 g/mol. The quantitative estimate of drug-likeness (QED) is 0.305. The fourth-order valence-electron chi connectivity index (χ4n) is 4.23. The minimum atomic E-state index is -4.03. The molecule has 5 rings (SSSR count). The summed E-state index contributed by atoms with van der Waals surface area (Å²) in [5, 5.41) is 0.706. The topological polar surface area (TPSA) is 115 Å². The van der Waals surface area contributed by atoms with Crippen molar-refractivity contribution in [3.8, 4) is 16.9 Å². The molecule has 0 radical (unpaired) electrons. The zero-order valence-corrected chi connectivity index (χ0v) is 22.4. The van der Waals surface area contributed by atoms with Gasteiger partial charge in [-0.25, -0.2) is 26.2 Å². The number of pyridine rings is 2. The van der Waals surface area contributed by atoms with Crippen LogP contribution in [0.2, 0.25) is 5.15 Å². The summed E-state index contributed by atoms with van der Waals surface area (Å²) in [4.78, 5) is 8.42. The highest BCUT2D eigenvalue weighted by atomic mass is 35.5. The lowest BCUT2D eigenvalue weighted by Gasteiger charge is -2.22. The third-order valence-corrected chi connectivity index (χ3v) is 9.79. The monoisotopic (exact) mass is 575 g/mol. The summed E-state index contributed by atoms with van der Waals surface area (Å²) < 4.78 is 70.8. The van der Waals surface area contributed by atoms with Crippen LogP contribution in [-0.4, -0.2) is 44.9 Å². The van der Waals surface area contributed by atoms with E-state index in [1.54, 1.807) is 18.3 Å². The Morgan fingerprint density at radius 3 is 2.47 bits per heavy atom. The predicted molar refractivity (Wildman–Crippen MR) is 144 cm³/mol. The highest BCUT2D eigenvalue weighted by Crippen LogP contribution is 2.33. The second kappa shape index (κ2) is 10.5. The van der Waals surface area contributed by atoms with Gasteiger partial charge >= 0.3 is 0 Å². The molecular formula is C26H23ClFN3O5S2. The van der Waals surface area contributed by atoms with Gasteiger partial charge in [-0.15, -0.1) is 0 Å². The molecule has 4 aromatic rings. The molecule has 1 aliphatic rings. The van der Waals surface area contributed by atoms with E-state index in [0.29, 0.717) is 36.3 Å². The summed E-state index contributed by atoms with van der Waals surface area (Å²) in [5.74, 6) is 0.580. The summed E-state index contributed by atoms with van der Waals surface area (Å²) in [5.41, 5.74) is 2.10. The molecule has 3 heterocycles. The van der Waals surface area contributed by atoms with E-state index >= 15 is 0 Å². The molecule has 0 atom stereocenters. The van der Waals surface area contributed by atoms with Crippen LogP contribution in [-0.2, 0) is 19.9 Å². The SMILES string of the molecule is O=S1(=O)CCC(COc2ccnc3ccc(-c4cnc(Cl)c(NS(=O)(=O)c5ccc(F)cc5)c4)cc23)CC1. The lowest BCUT2D eigenvalue weighted by atomic mass is 10.0. The Bertz CT molecular complexity index is 1700. The van der Waals surface area contributed by atoms with Crippen LogP contribution >= 0.6 is 11.6 Å². The van der Waals surface area contributed by atoms with Crippen LogP contribution in [0, 0.1) is 11.7 Å². The number of hydrogen-bond donors (Lipinski definition) is 1. The molecule has 0 bridgehead atoms. The lowest BCUT2D eigenvalue weighted by molar-refractivity contribution is 0.240. The standard InChI is InChI=1S/C26H23ClFN3O5S2/c27-26-24(31-38(34,35)21-4-2-20(28)3-5-21)14-19(15-30-26)18-1-6-23-22(13-18)25(7-10-29-23)36-16-17-8-11-37(32,33)12-9-17/h1-7,10,13-15,17,31H,8-9,11-12,16H2. The van der Waals surface area contributed by atoms with Crippen LogP contribution in [0.3, 0.4) is 0 Å². The number of sulfone groups is 1. The number of sulfonamides is 1. The fourth-order valence-corrected chi connectivity index (χ4v) is 7.09. The van der Waals surface area contributed by atoms with Crippen molar-refractivity contribution < 1.29 is 26.0 Å². The number of hydrogen-bond acceptors (Lipinski definition) is 7. The molecule has 0 aliphatic carbocycles. The van der Waals surface area contributed by atoms with Crippen LogP contribution in [0.5, 0.6) is 5.75 Å².